The molecular formula is C10H20N2O3. The molecule has 0 saturated heterocycles. The lowest BCUT2D eigenvalue weighted by Gasteiger charge is -2.18. The standard InChI is InChI=1S/C10H20N2O3/c1-5-6-11-9(13)7-12(4)10(14)15-8(2)3/h8H,5-7H2,1-4H3,(H,11,13). The van der Waals surface area contributed by atoms with E-state index in [4.69, 9.17) is 4.74 Å². The summed E-state index contributed by atoms with van der Waals surface area (Å²) in [6, 6.07) is 0. The molecule has 0 fully saturated rings. The van der Waals surface area contributed by atoms with Crippen LogP contribution >= 0.6 is 0 Å². The first kappa shape index (κ1) is 13.7. The Morgan fingerprint density at radius 1 is 1.40 bits per heavy atom. The molecule has 0 heterocycles. The fourth-order valence-corrected chi connectivity index (χ4v) is 0.892. The minimum atomic E-state index is -0.475. The molecule has 5 nitrogen and oxygen atoms in total. The summed E-state index contributed by atoms with van der Waals surface area (Å²) in [5.74, 6) is -0.167. The molecule has 0 rings (SSSR count). The molecule has 2 amide bonds. The van der Waals surface area contributed by atoms with Crippen molar-refractivity contribution in [1.82, 2.24) is 10.2 Å². The van der Waals surface area contributed by atoms with Crippen LogP contribution in [0.3, 0.4) is 0 Å². The minimum absolute atomic E-state index is 0.0333. The van der Waals surface area contributed by atoms with Gasteiger partial charge in [-0.25, -0.2) is 4.79 Å². The molecule has 0 spiro atoms. The van der Waals surface area contributed by atoms with Gasteiger partial charge >= 0.3 is 6.09 Å². The summed E-state index contributed by atoms with van der Waals surface area (Å²) >= 11 is 0. The molecule has 0 aliphatic rings. The van der Waals surface area contributed by atoms with E-state index in [-0.39, 0.29) is 18.6 Å². The van der Waals surface area contributed by atoms with Crippen molar-refractivity contribution in [2.45, 2.75) is 33.3 Å². The Morgan fingerprint density at radius 3 is 2.47 bits per heavy atom. The monoisotopic (exact) mass is 216 g/mol. The van der Waals surface area contributed by atoms with Crippen LogP contribution in [-0.2, 0) is 9.53 Å². The van der Waals surface area contributed by atoms with Crippen LogP contribution in [0.15, 0.2) is 0 Å². The third-order valence-corrected chi connectivity index (χ3v) is 1.60. The second-order valence-electron chi connectivity index (χ2n) is 3.64. The van der Waals surface area contributed by atoms with E-state index in [2.05, 4.69) is 5.32 Å². The summed E-state index contributed by atoms with van der Waals surface area (Å²) in [5.41, 5.74) is 0. The van der Waals surface area contributed by atoms with Crippen LogP contribution in [0.4, 0.5) is 4.79 Å². The maximum absolute atomic E-state index is 11.3. The lowest BCUT2D eigenvalue weighted by molar-refractivity contribution is -0.121. The van der Waals surface area contributed by atoms with Crippen molar-refractivity contribution in [3.63, 3.8) is 0 Å². The second kappa shape index (κ2) is 7.09. The highest BCUT2D eigenvalue weighted by molar-refractivity contribution is 5.82. The van der Waals surface area contributed by atoms with Gasteiger partial charge in [0.15, 0.2) is 0 Å². The van der Waals surface area contributed by atoms with Gasteiger partial charge in [-0.2, -0.15) is 0 Å². The van der Waals surface area contributed by atoms with Crippen molar-refractivity contribution < 1.29 is 14.3 Å². The van der Waals surface area contributed by atoms with Gasteiger partial charge in [0.2, 0.25) is 5.91 Å². The van der Waals surface area contributed by atoms with Crippen molar-refractivity contribution in [2.24, 2.45) is 0 Å². The largest absolute Gasteiger partial charge is 0.447 e. The van der Waals surface area contributed by atoms with E-state index in [1.165, 1.54) is 11.9 Å². The highest BCUT2D eigenvalue weighted by Gasteiger charge is 2.14. The molecule has 0 aromatic rings. The number of rotatable bonds is 5. The average molecular weight is 216 g/mol. The fraction of sp³-hybridized carbons (Fsp3) is 0.800. The number of carbonyl (C=O) groups excluding carboxylic acids is 2. The molecule has 5 heteroatoms. The average Bonchev–Trinajstić information content (AvgIpc) is 2.13. The van der Waals surface area contributed by atoms with Crippen molar-refractivity contribution in [1.29, 1.82) is 0 Å². The molecule has 0 bridgehead atoms. The Labute approximate surface area is 90.8 Å². The molecule has 0 saturated carbocycles. The number of amides is 2. The van der Waals surface area contributed by atoms with Gasteiger partial charge in [-0.3, -0.25) is 4.79 Å². The van der Waals surface area contributed by atoms with Gasteiger partial charge in [-0.1, -0.05) is 6.92 Å². The van der Waals surface area contributed by atoms with E-state index in [1.807, 2.05) is 6.92 Å². The maximum Gasteiger partial charge on any atom is 0.410 e. The lowest BCUT2D eigenvalue weighted by atomic mass is 10.4. The summed E-state index contributed by atoms with van der Waals surface area (Å²) in [6.45, 7) is 6.17. The first-order chi connectivity index (χ1) is 6.97. The zero-order valence-corrected chi connectivity index (χ0v) is 9.87. The van der Waals surface area contributed by atoms with Gasteiger partial charge in [-0.15, -0.1) is 0 Å². The molecule has 15 heavy (non-hydrogen) atoms. The van der Waals surface area contributed by atoms with Crippen molar-refractivity contribution in [2.75, 3.05) is 20.1 Å². The van der Waals surface area contributed by atoms with E-state index in [9.17, 15) is 9.59 Å². The molecular weight excluding hydrogens is 196 g/mol. The molecule has 0 radical (unpaired) electrons. The molecule has 0 aromatic carbocycles. The molecule has 0 unspecified atom stereocenters. The van der Waals surface area contributed by atoms with Gasteiger partial charge in [0.25, 0.3) is 0 Å². The number of carbonyl (C=O) groups is 2. The third-order valence-electron chi connectivity index (χ3n) is 1.60. The SMILES string of the molecule is CCCNC(=O)CN(C)C(=O)OC(C)C. The number of hydrogen-bond acceptors (Lipinski definition) is 3. The molecule has 0 aliphatic heterocycles. The summed E-state index contributed by atoms with van der Waals surface area (Å²) in [6.07, 6.45) is 0.238. The van der Waals surface area contributed by atoms with Gasteiger partial charge in [0.1, 0.15) is 6.54 Å². The van der Waals surface area contributed by atoms with E-state index in [1.54, 1.807) is 13.8 Å². The first-order valence-electron chi connectivity index (χ1n) is 5.15. The highest BCUT2D eigenvalue weighted by atomic mass is 16.6. The van der Waals surface area contributed by atoms with E-state index in [0.717, 1.165) is 6.42 Å². The normalized spacial score (nSPS) is 9.93. The number of hydrogen-bond donors (Lipinski definition) is 1. The molecule has 88 valence electrons. The van der Waals surface area contributed by atoms with E-state index < -0.39 is 6.09 Å². The summed E-state index contributed by atoms with van der Waals surface area (Å²) in [4.78, 5) is 23.8. The third kappa shape index (κ3) is 6.76. The van der Waals surface area contributed by atoms with Crippen molar-refractivity contribution in [3.8, 4) is 0 Å². The number of likely N-dealkylation sites (N-methyl/N-ethyl adjacent to an activating group) is 1. The Kier molecular flexibility index (Phi) is 6.49. The van der Waals surface area contributed by atoms with E-state index >= 15 is 0 Å². The quantitative estimate of drug-likeness (QED) is 0.745. The fourth-order valence-electron chi connectivity index (χ4n) is 0.892. The number of ether oxygens (including phenoxy) is 1. The molecule has 0 aromatic heterocycles. The number of nitrogens with zero attached hydrogens (tertiary/aromatic N) is 1. The predicted octanol–water partition coefficient (Wildman–Crippen LogP) is 0.989. The second-order valence-corrected chi connectivity index (χ2v) is 3.64. The zero-order valence-electron chi connectivity index (χ0n) is 9.87. The van der Waals surface area contributed by atoms with Gasteiger partial charge in [0, 0.05) is 13.6 Å². The van der Waals surface area contributed by atoms with Crippen LogP contribution in [0.2, 0.25) is 0 Å². The number of nitrogens with one attached hydrogen (secondary N) is 1. The Hall–Kier alpha value is -1.26. The van der Waals surface area contributed by atoms with Crippen LogP contribution in [0.25, 0.3) is 0 Å². The zero-order chi connectivity index (χ0) is 11.8. The predicted molar refractivity (Wildman–Crippen MR) is 57.5 cm³/mol. The molecule has 1 N–H and O–H groups in total. The Morgan fingerprint density at radius 2 is 2.00 bits per heavy atom. The topological polar surface area (TPSA) is 58.6 Å². The first-order valence-corrected chi connectivity index (χ1v) is 5.15. The van der Waals surface area contributed by atoms with Crippen molar-refractivity contribution >= 4 is 12.0 Å². The summed E-state index contributed by atoms with van der Waals surface area (Å²) in [5, 5.41) is 2.68. The van der Waals surface area contributed by atoms with Crippen LogP contribution in [0, 0.1) is 0 Å². The highest BCUT2D eigenvalue weighted by Crippen LogP contribution is 1.95. The van der Waals surface area contributed by atoms with Crippen LogP contribution < -0.4 is 5.32 Å². The smallest absolute Gasteiger partial charge is 0.410 e. The van der Waals surface area contributed by atoms with Gasteiger partial charge in [0.05, 0.1) is 6.10 Å². The van der Waals surface area contributed by atoms with Crippen LogP contribution in [-0.4, -0.2) is 43.1 Å². The van der Waals surface area contributed by atoms with E-state index in [0.29, 0.717) is 6.54 Å². The summed E-state index contributed by atoms with van der Waals surface area (Å²) in [7, 11) is 1.54. The van der Waals surface area contributed by atoms with Gasteiger partial charge < -0.3 is 15.0 Å². The van der Waals surface area contributed by atoms with Crippen molar-refractivity contribution in [3.05, 3.63) is 0 Å². The minimum Gasteiger partial charge on any atom is -0.447 e. The Balaban J connectivity index is 3.85. The molecule has 0 atom stereocenters. The summed E-state index contributed by atoms with van der Waals surface area (Å²) < 4.78 is 4.92. The van der Waals surface area contributed by atoms with Gasteiger partial charge in [-0.05, 0) is 20.3 Å². The van der Waals surface area contributed by atoms with Crippen LogP contribution in [0.1, 0.15) is 27.2 Å². The Bertz CT molecular complexity index is 217. The molecule has 0 aliphatic carbocycles. The lowest BCUT2D eigenvalue weighted by Crippen LogP contribution is -2.39. The van der Waals surface area contributed by atoms with Crippen LogP contribution in [0.5, 0.6) is 0 Å². The maximum atomic E-state index is 11.3.